The van der Waals surface area contributed by atoms with E-state index in [2.05, 4.69) is 5.32 Å². The number of rotatable bonds is 4. The molecule has 2 rings (SSSR count). The van der Waals surface area contributed by atoms with Gasteiger partial charge in [0.2, 0.25) is 0 Å². The van der Waals surface area contributed by atoms with Crippen molar-refractivity contribution in [1.29, 1.82) is 0 Å². The van der Waals surface area contributed by atoms with Crippen LogP contribution in [0.2, 0.25) is 0 Å². The first-order valence-electron chi connectivity index (χ1n) is 5.63. The third-order valence-corrected chi connectivity index (χ3v) is 2.65. The van der Waals surface area contributed by atoms with Crippen LogP contribution in [0, 0.1) is 21.7 Å². The summed E-state index contributed by atoms with van der Waals surface area (Å²) in [6.07, 6.45) is 0. The lowest BCUT2D eigenvalue weighted by atomic mass is 10.1. The Morgan fingerprint density at radius 1 is 1.19 bits per heavy atom. The molecule has 0 aliphatic heterocycles. The molecular weight excluding hydrogens is 286 g/mol. The number of carboxylic acids is 1. The van der Waals surface area contributed by atoms with Gasteiger partial charge >= 0.3 is 11.7 Å². The fourth-order valence-corrected chi connectivity index (χ4v) is 1.75. The summed E-state index contributed by atoms with van der Waals surface area (Å²) < 4.78 is 26.6. The van der Waals surface area contributed by atoms with Crippen LogP contribution in [0.5, 0.6) is 0 Å². The van der Waals surface area contributed by atoms with Crippen molar-refractivity contribution in [2.75, 3.05) is 5.32 Å². The minimum absolute atomic E-state index is 0.246. The van der Waals surface area contributed by atoms with Gasteiger partial charge in [-0.3, -0.25) is 10.1 Å². The van der Waals surface area contributed by atoms with Gasteiger partial charge in [-0.2, -0.15) is 0 Å². The van der Waals surface area contributed by atoms with Crippen LogP contribution in [-0.4, -0.2) is 16.0 Å². The molecule has 21 heavy (non-hydrogen) atoms. The summed E-state index contributed by atoms with van der Waals surface area (Å²) in [5.74, 6) is -3.06. The molecule has 0 saturated heterocycles. The smallest absolute Gasteiger partial charge is 0.342 e. The lowest BCUT2D eigenvalue weighted by Gasteiger charge is -2.09. The number of para-hydroxylation sites is 1. The average Bonchev–Trinajstić information content (AvgIpc) is 2.42. The summed E-state index contributed by atoms with van der Waals surface area (Å²) in [5, 5.41) is 22.3. The van der Waals surface area contributed by atoms with E-state index in [1.807, 2.05) is 0 Å². The maximum Gasteiger partial charge on any atom is 0.342 e. The van der Waals surface area contributed by atoms with Crippen LogP contribution >= 0.6 is 0 Å². The molecule has 0 amide bonds. The number of nitrogens with one attached hydrogen (secondary N) is 1. The van der Waals surface area contributed by atoms with Crippen molar-refractivity contribution in [1.82, 2.24) is 0 Å². The molecule has 0 aromatic heterocycles. The first kappa shape index (κ1) is 14.4. The summed E-state index contributed by atoms with van der Waals surface area (Å²) in [7, 11) is 0. The van der Waals surface area contributed by atoms with E-state index in [1.54, 1.807) is 0 Å². The molecule has 2 aromatic carbocycles. The molecule has 0 aliphatic carbocycles. The molecule has 0 aliphatic rings. The maximum atomic E-state index is 13.5. The molecule has 2 aromatic rings. The summed E-state index contributed by atoms with van der Waals surface area (Å²) >= 11 is 0. The number of hydrogen-bond donors (Lipinski definition) is 2. The number of carbonyl (C=O) groups is 1. The second-order valence-corrected chi connectivity index (χ2v) is 4.01. The largest absolute Gasteiger partial charge is 0.477 e. The topological polar surface area (TPSA) is 92.5 Å². The van der Waals surface area contributed by atoms with E-state index in [4.69, 9.17) is 5.11 Å². The Hall–Kier alpha value is -3.03. The second kappa shape index (κ2) is 5.53. The fraction of sp³-hybridized carbons (Fsp3) is 0. The van der Waals surface area contributed by atoms with E-state index < -0.39 is 33.8 Å². The highest BCUT2D eigenvalue weighted by Gasteiger charge is 2.24. The summed E-state index contributed by atoms with van der Waals surface area (Å²) in [6, 6.07) is 6.07. The van der Waals surface area contributed by atoms with Crippen molar-refractivity contribution in [2.24, 2.45) is 0 Å². The number of nitrogens with zero attached hydrogens (tertiary/aromatic N) is 1. The molecule has 6 nitrogen and oxygen atoms in total. The van der Waals surface area contributed by atoms with Gasteiger partial charge in [0, 0.05) is 6.07 Å². The van der Waals surface area contributed by atoms with Crippen molar-refractivity contribution in [3.05, 3.63) is 63.7 Å². The number of nitro groups is 1. The van der Waals surface area contributed by atoms with E-state index in [-0.39, 0.29) is 11.4 Å². The van der Waals surface area contributed by atoms with Gasteiger partial charge in [-0.05, 0) is 24.3 Å². The average molecular weight is 294 g/mol. The Morgan fingerprint density at radius 2 is 1.90 bits per heavy atom. The SMILES string of the molecule is O=C(O)c1cccc(Nc2cc(F)ccc2F)c1[N+](=O)[O-]. The van der Waals surface area contributed by atoms with Gasteiger partial charge in [0.15, 0.2) is 0 Å². The molecule has 0 bridgehead atoms. The molecule has 0 saturated carbocycles. The zero-order valence-corrected chi connectivity index (χ0v) is 10.3. The molecule has 2 N–H and O–H groups in total. The van der Waals surface area contributed by atoms with E-state index in [1.165, 1.54) is 12.1 Å². The van der Waals surface area contributed by atoms with E-state index in [0.29, 0.717) is 0 Å². The lowest BCUT2D eigenvalue weighted by Crippen LogP contribution is -2.06. The van der Waals surface area contributed by atoms with Crippen molar-refractivity contribution in [2.45, 2.75) is 0 Å². The Kier molecular flexibility index (Phi) is 3.79. The fourth-order valence-electron chi connectivity index (χ4n) is 1.75. The van der Waals surface area contributed by atoms with Gasteiger partial charge in [0.05, 0.1) is 10.6 Å². The van der Waals surface area contributed by atoms with Crippen LogP contribution in [-0.2, 0) is 0 Å². The zero-order chi connectivity index (χ0) is 15.6. The van der Waals surface area contributed by atoms with Crippen LogP contribution in [0.4, 0.5) is 25.8 Å². The quantitative estimate of drug-likeness (QED) is 0.666. The van der Waals surface area contributed by atoms with Crippen LogP contribution in [0.15, 0.2) is 36.4 Å². The van der Waals surface area contributed by atoms with Crippen molar-refractivity contribution < 1.29 is 23.6 Å². The summed E-state index contributed by atoms with van der Waals surface area (Å²) in [4.78, 5) is 21.1. The summed E-state index contributed by atoms with van der Waals surface area (Å²) in [6.45, 7) is 0. The van der Waals surface area contributed by atoms with Gasteiger partial charge < -0.3 is 10.4 Å². The highest BCUT2D eigenvalue weighted by atomic mass is 19.1. The van der Waals surface area contributed by atoms with Gasteiger partial charge in [-0.15, -0.1) is 0 Å². The van der Waals surface area contributed by atoms with Crippen LogP contribution in [0.3, 0.4) is 0 Å². The number of anilines is 2. The maximum absolute atomic E-state index is 13.5. The van der Waals surface area contributed by atoms with Gasteiger partial charge in [0.1, 0.15) is 22.9 Å². The predicted octanol–water partition coefficient (Wildman–Crippen LogP) is 3.31. The molecule has 0 spiro atoms. The number of halogens is 2. The van der Waals surface area contributed by atoms with E-state index >= 15 is 0 Å². The molecule has 0 radical (unpaired) electrons. The Labute approximate surface area is 116 Å². The van der Waals surface area contributed by atoms with Gasteiger partial charge in [-0.1, -0.05) is 6.07 Å². The van der Waals surface area contributed by atoms with Crippen molar-refractivity contribution >= 4 is 23.0 Å². The highest BCUT2D eigenvalue weighted by molar-refractivity contribution is 5.96. The first-order valence-corrected chi connectivity index (χ1v) is 5.63. The Bertz CT molecular complexity index is 734. The first-order chi connectivity index (χ1) is 9.90. The third-order valence-electron chi connectivity index (χ3n) is 2.65. The van der Waals surface area contributed by atoms with E-state index in [9.17, 15) is 23.7 Å². The monoisotopic (exact) mass is 294 g/mol. The minimum atomic E-state index is -1.50. The molecule has 0 fully saturated rings. The van der Waals surface area contributed by atoms with Gasteiger partial charge in [-0.25, -0.2) is 13.6 Å². The molecular formula is C13H8F2N2O4. The predicted molar refractivity (Wildman–Crippen MR) is 69.7 cm³/mol. The number of nitro benzene ring substituents is 1. The van der Waals surface area contributed by atoms with Crippen molar-refractivity contribution in [3.8, 4) is 0 Å². The molecule has 108 valence electrons. The lowest BCUT2D eigenvalue weighted by molar-refractivity contribution is -0.384. The van der Waals surface area contributed by atoms with Gasteiger partial charge in [0.25, 0.3) is 0 Å². The summed E-state index contributed by atoms with van der Waals surface area (Å²) in [5.41, 5.74) is -1.86. The molecule has 0 unspecified atom stereocenters. The normalized spacial score (nSPS) is 10.2. The zero-order valence-electron chi connectivity index (χ0n) is 10.3. The Balaban J connectivity index is 2.54. The minimum Gasteiger partial charge on any atom is -0.477 e. The molecule has 0 heterocycles. The van der Waals surface area contributed by atoms with Crippen LogP contribution in [0.25, 0.3) is 0 Å². The van der Waals surface area contributed by atoms with E-state index in [0.717, 1.165) is 24.3 Å². The number of carboxylic acid groups (broad SMARTS) is 1. The highest BCUT2D eigenvalue weighted by Crippen LogP contribution is 2.32. The van der Waals surface area contributed by atoms with Crippen molar-refractivity contribution in [3.63, 3.8) is 0 Å². The molecule has 0 atom stereocenters. The van der Waals surface area contributed by atoms with Crippen LogP contribution < -0.4 is 5.32 Å². The second-order valence-electron chi connectivity index (χ2n) is 4.01. The third kappa shape index (κ3) is 2.94. The number of benzene rings is 2. The van der Waals surface area contributed by atoms with Crippen LogP contribution in [0.1, 0.15) is 10.4 Å². The number of hydrogen-bond acceptors (Lipinski definition) is 4. The molecule has 8 heteroatoms. The Morgan fingerprint density at radius 3 is 2.52 bits per heavy atom. The standard InChI is InChI=1S/C13H8F2N2O4/c14-7-4-5-9(15)11(6-7)16-10-3-1-2-8(13(18)19)12(10)17(20)21/h1-6,16H,(H,18,19). The number of aromatic carboxylic acids is 1.